The number of carbonyl (C=O) groups is 1. The number of carbonyl (C=O) groups excluding carboxylic acids is 1. The van der Waals surface area contributed by atoms with Crippen molar-refractivity contribution in [3.05, 3.63) is 90.0 Å². The van der Waals surface area contributed by atoms with Crippen LogP contribution in [0.1, 0.15) is 54.4 Å². The van der Waals surface area contributed by atoms with E-state index in [1.54, 1.807) is 12.1 Å². The molecule has 0 unspecified atom stereocenters. The van der Waals surface area contributed by atoms with Crippen LogP contribution in [0.3, 0.4) is 0 Å². The number of ether oxygens (including phenoxy) is 2. The molecule has 3 aromatic rings. The summed E-state index contributed by atoms with van der Waals surface area (Å²) in [5.74, 6) is 2.25. The van der Waals surface area contributed by atoms with E-state index in [1.807, 2.05) is 66.7 Å². The minimum Gasteiger partial charge on any atom is -0.494 e. The summed E-state index contributed by atoms with van der Waals surface area (Å²) in [6.07, 6.45) is 7.92. The number of benzene rings is 3. The van der Waals surface area contributed by atoms with Crippen LogP contribution in [-0.4, -0.2) is 12.5 Å². The Morgan fingerprint density at radius 2 is 1.44 bits per heavy atom. The summed E-state index contributed by atoms with van der Waals surface area (Å²) < 4.78 is 11.7. The summed E-state index contributed by atoms with van der Waals surface area (Å²) in [4.78, 5) is 12.6. The fourth-order valence-electron chi connectivity index (χ4n) is 4.10. The van der Waals surface area contributed by atoms with E-state index in [9.17, 15) is 4.79 Å². The number of nitrogens with one attached hydrogen (secondary N) is 1. The first-order valence-electron chi connectivity index (χ1n) is 11.6. The van der Waals surface area contributed by atoms with Crippen molar-refractivity contribution >= 4 is 11.6 Å². The summed E-state index contributed by atoms with van der Waals surface area (Å²) >= 11 is 0. The topological polar surface area (TPSA) is 47.6 Å². The van der Waals surface area contributed by atoms with Crippen LogP contribution >= 0.6 is 0 Å². The Morgan fingerprint density at radius 1 is 0.781 bits per heavy atom. The maximum absolute atomic E-state index is 12.6. The van der Waals surface area contributed by atoms with Gasteiger partial charge in [0.05, 0.1) is 6.61 Å². The largest absolute Gasteiger partial charge is 0.494 e. The zero-order chi connectivity index (χ0) is 22.0. The van der Waals surface area contributed by atoms with Gasteiger partial charge in [-0.15, -0.1) is 0 Å². The Bertz CT molecular complexity index is 962. The molecule has 1 aliphatic carbocycles. The second-order valence-corrected chi connectivity index (χ2v) is 8.42. The first kappa shape index (κ1) is 21.9. The van der Waals surface area contributed by atoms with E-state index in [4.69, 9.17) is 9.47 Å². The van der Waals surface area contributed by atoms with Crippen molar-refractivity contribution in [2.24, 2.45) is 5.92 Å². The molecule has 1 amide bonds. The van der Waals surface area contributed by atoms with Gasteiger partial charge in [0.1, 0.15) is 18.1 Å². The molecule has 0 bridgehead atoms. The van der Waals surface area contributed by atoms with Gasteiger partial charge in [-0.05, 0) is 66.4 Å². The normalized spacial score (nSPS) is 14.0. The molecule has 4 rings (SSSR count). The standard InChI is InChI=1S/C28H31NO3/c30-28(24-11-15-27(16-12-24)32-21-23-9-5-2-6-10-23)29-25-13-17-26(18-14-25)31-20-19-22-7-3-1-4-8-22/h2,5-6,9-18,22H,1,3-4,7-8,19-21H2,(H,29,30). The van der Waals surface area contributed by atoms with Crippen LogP contribution in [0.5, 0.6) is 11.5 Å². The van der Waals surface area contributed by atoms with E-state index in [0.717, 1.165) is 41.7 Å². The lowest BCUT2D eigenvalue weighted by Crippen LogP contribution is -2.12. The van der Waals surface area contributed by atoms with Gasteiger partial charge < -0.3 is 14.8 Å². The van der Waals surface area contributed by atoms with E-state index in [2.05, 4.69) is 5.32 Å². The smallest absolute Gasteiger partial charge is 0.255 e. The Labute approximate surface area is 190 Å². The summed E-state index contributed by atoms with van der Waals surface area (Å²) in [5.41, 5.74) is 2.44. The minimum absolute atomic E-state index is 0.148. The molecule has 32 heavy (non-hydrogen) atoms. The van der Waals surface area contributed by atoms with E-state index in [1.165, 1.54) is 32.1 Å². The predicted octanol–water partition coefficient (Wildman–Crippen LogP) is 6.87. The van der Waals surface area contributed by atoms with E-state index >= 15 is 0 Å². The van der Waals surface area contributed by atoms with Crippen LogP contribution < -0.4 is 14.8 Å². The SMILES string of the molecule is O=C(Nc1ccc(OCCC2CCCCC2)cc1)c1ccc(OCc2ccccc2)cc1. The number of hydrogen-bond acceptors (Lipinski definition) is 3. The second-order valence-electron chi connectivity index (χ2n) is 8.42. The molecule has 1 saturated carbocycles. The highest BCUT2D eigenvalue weighted by Gasteiger charge is 2.13. The zero-order valence-electron chi connectivity index (χ0n) is 18.5. The zero-order valence-corrected chi connectivity index (χ0v) is 18.5. The molecule has 166 valence electrons. The van der Waals surface area contributed by atoms with Crippen LogP contribution in [0.15, 0.2) is 78.9 Å². The minimum atomic E-state index is -0.148. The van der Waals surface area contributed by atoms with Crippen LogP contribution in [0.25, 0.3) is 0 Å². The Balaban J connectivity index is 1.22. The van der Waals surface area contributed by atoms with Crippen LogP contribution in [0, 0.1) is 5.92 Å². The Morgan fingerprint density at radius 3 is 2.16 bits per heavy atom. The molecular weight excluding hydrogens is 398 g/mol. The van der Waals surface area contributed by atoms with Gasteiger partial charge in [0, 0.05) is 11.3 Å². The molecule has 4 nitrogen and oxygen atoms in total. The molecule has 0 atom stereocenters. The van der Waals surface area contributed by atoms with Gasteiger partial charge in [0.25, 0.3) is 5.91 Å². The Hall–Kier alpha value is -3.27. The molecule has 0 spiro atoms. The lowest BCUT2D eigenvalue weighted by molar-refractivity contribution is 0.102. The molecule has 1 aliphatic rings. The molecule has 3 aromatic carbocycles. The highest BCUT2D eigenvalue weighted by atomic mass is 16.5. The van der Waals surface area contributed by atoms with Gasteiger partial charge >= 0.3 is 0 Å². The lowest BCUT2D eigenvalue weighted by atomic mass is 9.87. The fraction of sp³-hybridized carbons (Fsp3) is 0.321. The molecule has 1 N–H and O–H groups in total. The number of hydrogen-bond donors (Lipinski definition) is 1. The highest BCUT2D eigenvalue weighted by molar-refractivity contribution is 6.04. The molecule has 0 saturated heterocycles. The van der Waals surface area contributed by atoms with Crippen molar-refractivity contribution in [1.82, 2.24) is 0 Å². The third-order valence-electron chi connectivity index (χ3n) is 6.00. The molecule has 4 heteroatoms. The average Bonchev–Trinajstić information content (AvgIpc) is 2.85. The first-order chi connectivity index (χ1) is 15.8. The van der Waals surface area contributed by atoms with E-state index < -0.39 is 0 Å². The van der Waals surface area contributed by atoms with Crippen LogP contribution in [0.2, 0.25) is 0 Å². The molecule has 0 heterocycles. The van der Waals surface area contributed by atoms with Gasteiger partial charge in [-0.1, -0.05) is 62.4 Å². The predicted molar refractivity (Wildman–Crippen MR) is 128 cm³/mol. The number of rotatable bonds is 9. The van der Waals surface area contributed by atoms with Crippen molar-refractivity contribution in [2.45, 2.75) is 45.1 Å². The molecular formula is C28H31NO3. The van der Waals surface area contributed by atoms with Crippen LogP contribution in [0.4, 0.5) is 5.69 Å². The summed E-state index contributed by atoms with van der Waals surface area (Å²) in [7, 11) is 0. The van der Waals surface area contributed by atoms with Gasteiger partial charge in [0.2, 0.25) is 0 Å². The molecule has 0 aromatic heterocycles. The average molecular weight is 430 g/mol. The van der Waals surface area contributed by atoms with Crippen molar-refractivity contribution in [3.8, 4) is 11.5 Å². The molecule has 0 aliphatic heterocycles. The van der Waals surface area contributed by atoms with E-state index in [-0.39, 0.29) is 5.91 Å². The Kier molecular flexibility index (Phi) is 7.80. The lowest BCUT2D eigenvalue weighted by Gasteiger charge is -2.21. The quantitative estimate of drug-likeness (QED) is 0.404. The maximum Gasteiger partial charge on any atom is 0.255 e. The summed E-state index contributed by atoms with van der Waals surface area (Å²) in [6, 6.07) is 24.8. The fourth-order valence-corrected chi connectivity index (χ4v) is 4.10. The van der Waals surface area contributed by atoms with Gasteiger partial charge in [-0.3, -0.25) is 4.79 Å². The van der Waals surface area contributed by atoms with Crippen molar-refractivity contribution < 1.29 is 14.3 Å². The second kappa shape index (κ2) is 11.4. The van der Waals surface area contributed by atoms with E-state index in [0.29, 0.717) is 12.2 Å². The third kappa shape index (κ3) is 6.61. The molecule has 1 fully saturated rings. The number of anilines is 1. The summed E-state index contributed by atoms with van der Waals surface area (Å²) in [5, 5.41) is 2.94. The van der Waals surface area contributed by atoms with Crippen molar-refractivity contribution in [2.75, 3.05) is 11.9 Å². The third-order valence-corrected chi connectivity index (χ3v) is 6.00. The highest BCUT2D eigenvalue weighted by Crippen LogP contribution is 2.26. The monoisotopic (exact) mass is 429 g/mol. The van der Waals surface area contributed by atoms with Crippen LogP contribution in [-0.2, 0) is 6.61 Å². The number of amides is 1. The maximum atomic E-state index is 12.6. The van der Waals surface area contributed by atoms with Gasteiger partial charge in [-0.25, -0.2) is 0 Å². The molecule has 0 radical (unpaired) electrons. The van der Waals surface area contributed by atoms with Crippen molar-refractivity contribution in [1.29, 1.82) is 0 Å². The first-order valence-corrected chi connectivity index (χ1v) is 11.6. The van der Waals surface area contributed by atoms with Gasteiger partial charge in [-0.2, -0.15) is 0 Å². The van der Waals surface area contributed by atoms with Crippen molar-refractivity contribution in [3.63, 3.8) is 0 Å². The summed E-state index contributed by atoms with van der Waals surface area (Å²) in [6.45, 7) is 1.26. The van der Waals surface area contributed by atoms with Gasteiger partial charge in [0.15, 0.2) is 0 Å².